The number of hydrogen-bond acceptors (Lipinski definition) is 5. The molecule has 0 spiro atoms. The van der Waals surface area contributed by atoms with Gasteiger partial charge in [0.1, 0.15) is 0 Å². The molecular formula is C13H25N3O4. The van der Waals surface area contributed by atoms with Crippen molar-refractivity contribution in [2.45, 2.75) is 37.8 Å². The highest BCUT2D eigenvalue weighted by atomic mass is 16.5. The van der Waals surface area contributed by atoms with Crippen molar-refractivity contribution in [3.8, 4) is 0 Å². The SMILES string of the molecule is COCCNC(=O)NC(=O)CN(C)C1CCCCC1O. The standard InChI is InChI=1S/C13H25N3O4/c1-16(10-5-3-4-6-11(10)17)9-12(18)15-13(19)14-7-8-20-2/h10-11,17H,3-9H2,1-2H3,(H2,14,15,18,19). The normalized spacial score (nSPS) is 22.6. The Bertz CT molecular complexity index is 325. The Balaban J connectivity index is 2.28. The first-order valence-corrected chi connectivity index (χ1v) is 6.99. The number of amides is 3. The summed E-state index contributed by atoms with van der Waals surface area (Å²) in [5, 5.41) is 14.7. The molecular weight excluding hydrogens is 262 g/mol. The molecule has 0 radical (unpaired) electrons. The summed E-state index contributed by atoms with van der Waals surface area (Å²) in [6, 6.07) is -0.532. The maximum atomic E-state index is 11.7. The van der Waals surface area contributed by atoms with Crippen LogP contribution in [0.25, 0.3) is 0 Å². The van der Waals surface area contributed by atoms with Crippen LogP contribution in [-0.4, -0.2) is 67.9 Å². The summed E-state index contributed by atoms with van der Waals surface area (Å²) >= 11 is 0. The van der Waals surface area contributed by atoms with E-state index in [1.165, 1.54) is 7.11 Å². The molecule has 1 rings (SSSR count). The number of aliphatic hydroxyl groups excluding tert-OH is 1. The molecule has 7 nitrogen and oxygen atoms in total. The molecule has 3 N–H and O–H groups in total. The van der Waals surface area contributed by atoms with Gasteiger partial charge in [-0.1, -0.05) is 12.8 Å². The number of hydrogen-bond donors (Lipinski definition) is 3. The Morgan fingerprint density at radius 2 is 2.05 bits per heavy atom. The van der Waals surface area contributed by atoms with Crippen molar-refractivity contribution in [2.75, 3.05) is 33.9 Å². The number of carbonyl (C=O) groups excluding carboxylic acids is 2. The molecule has 0 heterocycles. The molecule has 2 unspecified atom stereocenters. The molecule has 116 valence electrons. The summed E-state index contributed by atoms with van der Waals surface area (Å²) in [6.45, 7) is 0.849. The number of aliphatic hydroxyl groups is 1. The van der Waals surface area contributed by atoms with Crippen LogP contribution in [0.3, 0.4) is 0 Å². The van der Waals surface area contributed by atoms with E-state index in [-0.39, 0.29) is 18.5 Å². The fourth-order valence-electron chi connectivity index (χ4n) is 2.43. The molecule has 0 aliphatic heterocycles. The fourth-order valence-corrected chi connectivity index (χ4v) is 2.43. The van der Waals surface area contributed by atoms with Crippen LogP contribution in [0.15, 0.2) is 0 Å². The van der Waals surface area contributed by atoms with Crippen LogP contribution in [-0.2, 0) is 9.53 Å². The molecule has 0 aromatic carbocycles. The number of ether oxygens (including phenoxy) is 1. The predicted octanol–water partition coefficient (Wildman–Crippen LogP) is -0.306. The van der Waals surface area contributed by atoms with E-state index in [1.54, 1.807) is 7.05 Å². The molecule has 1 aliphatic carbocycles. The second kappa shape index (κ2) is 8.89. The van der Waals surface area contributed by atoms with Gasteiger partial charge in [0.2, 0.25) is 5.91 Å². The van der Waals surface area contributed by atoms with Crippen molar-refractivity contribution in [2.24, 2.45) is 0 Å². The lowest BCUT2D eigenvalue weighted by molar-refractivity contribution is -0.122. The van der Waals surface area contributed by atoms with Gasteiger partial charge >= 0.3 is 6.03 Å². The molecule has 1 aliphatic rings. The maximum Gasteiger partial charge on any atom is 0.321 e. The Morgan fingerprint density at radius 1 is 1.35 bits per heavy atom. The minimum atomic E-state index is -0.523. The highest BCUT2D eigenvalue weighted by Gasteiger charge is 2.27. The monoisotopic (exact) mass is 287 g/mol. The number of urea groups is 1. The number of likely N-dealkylation sites (N-methyl/N-ethyl adjacent to an activating group) is 1. The zero-order valence-electron chi connectivity index (χ0n) is 12.2. The minimum absolute atomic E-state index is 0.00828. The van der Waals surface area contributed by atoms with E-state index in [0.29, 0.717) is 13.2 Å². The van der Waals surface area contributed by atoms with Crippen LogP contribution >= 0.6 is 0 Å². The van der Waals surface area contributed by atoms with E-state index < -0.39 is 12.1 Å². The van der Waals surface area contributed by atoms with E-state index in [0.717, 1.165) is 25.7 Å². The molecule has 20 heavy (non-hydrogen) atoms. The Labute approximate surface area is 119 Å². The third kappa shape index (κ3) is 5.85. The molecule has 0 saturated heterocycles. The van der Waals surface area contributed by atoms with Gasteiger partial charge in [-0.2, -0.15) is 0 Å². The largest absolute Gasteiger partial charge is 0.391 e. The number of carbonyl (C=O) groups is 2. The number of nitrogens with one attached hydrogen (secondary N) is 2. The van der Waals surface area contributed by atoms with Crippen LogP contribution in [0, 0.1) is 0 Å². The lowest BCUT2D eigenvalue weighted by atomic mass is 9.91. The van der Waals surface area contributed by atoms with Crippen molar-refractivity contribution < 1.29 is 19.4 Å². The summed E-state index contributed by atoms with van der Waals surface area (Å²) in [6.07, 6.45) is 3.35. The number of rotatable bonds is 6. The molecule has 3 amide bonds. The summed E-state index contributed by atoms with van der Waals surface area (Å²) in [7, 11) is 3.33. The quantitative estimate of drug-likeness (QED) is 0.583. The van der Waals surface area contributed by atoms with Gasteiger partial charge in [0.05, 0.1) is 19.3 Å². The molecule has 0 bridgehead atoms. The highest BCUT2D eigenvalue weighted by Crippen LogP contribution is 2.21. The zero-order valence-corrected chi connectivity index (χ0v) is 12.2. The molecule has 0 aromatic rings. The first kappa shape index (κ1) is 16.9. The second-order valence-corrected chi connectivity index (χ2v) is 5.13. The van der Waals surface area contributed by atoms with Gasteiger partial charge in [0.15, 0.2) is 0 Å². The van der Waals surface area contributed by atoms with E-state index in [9.17, 15) is 14.7 Å². The van der Waals surface area contributed by atoms with E-state index >= 15 is 0 Å². The molecule has 1 fully saturated rings. The zero-order chi connectivity index (χ0) is 15.0. The topological polar surface area (TPSA) is 90.9 Å². The molecule has 2 atom stereocenters. The summed E-state index contributed by atoms with van der Waals surface area (Å²) in [4.78, 5) is 24.9. The van der Waals surface area contributed by atoms with Crippen molar-refractivity contribution in [1.82, 2.24) is 15.5 Å². The third-order valence-corrected chi connectivity index (χ3v) is 3.50. The smallest absolute Gasteiger partial charge is 0.321 e. The predicted molar refractivity (Wildman–Crippen MR) is 74.3 cm³/mol. The maximum absolute atomic E-state index is 11.7. The van der Waals surface area contributed by atoms with Gasteiger partial charge in [0.25, 0.3) is 0 Å². The average molecular weight is 287 g/mol. The van der Waals surface area contributed by atoms with Crippen molar-refractivity contribution in [1.29, 1.82) is 0 Å². The molecule has 7 heteroatoms. The molecule has 0 aromatic heterocycles. The average Bonchev–Trinajstić information content (AvgIpc) is 2.39. The Morgan fingerprint density at radius 3 is 2.70 bits per heavy atom. The van der Waals surface area contributed by atoms with Crippen molar-refractivity contribution in [3.05, 3.63) is 0 Å². The summed E-state index contributed by atoms with van der Waals surface area (Å²) in [5.74, 6) is -0.375. The van der Waals surface area contributed by atoms with Crippen LogP contribution in [0.5, 0.6) is 0 Å². The first-order chi connectivity index (χ1) is 9.54. The lowest BCUT2D eigenvalue weighted by Crippen LogP contribution is -2.49. The van der Waals surface area contributed by atoms with Crippen LogP contribution in [0.4, 0.5) is 4.79 Å². The van der Waals surface area contributed by atoms with Crippen molar-refractivity contribution >= 4 is 11.9 Å². The van der Waals surface area contributed by atoms with Gasteiger partial charge in [-0.15, -0.1) is 0 Å². The van der Waals surface area contributed by atoms with Gasteiger partial charge in [-0.3, -0.25) is 15.0 Å². The van der Waals surface area contributed by atoms with Gasteiger partial charge in [0, 0.05) is 19.7 Å². The first-order valence-electron chi connectivity index (χ1n) is 6.99. The van der Waals surface area contributed by atoms with Gasteiger partial charge in [-0.25, -0.2) is 4.79 Å². The van der Waals surface area contributed by atoms with Gasteiger partial charge in [-0.05, 0) is 19.9 Å². The van der Waals surface area contributed by atoms with Crippen molar-refractivity contribution in [3.63, 3.8) is 0 Å². The van der Waals surface area contributed by atoms with Gasteiger partial charge < -0.3 is 15.2 Å². The van der Waals surface area contributed by atoms with E-state index in [4.69, 9.17) is 4.74 Å². The lowest BCUT2D eigenvalue weighted by Gasteiger charge is -2.34. The van der Waals surface area contributed by atoms with Crippen LogP contribution in [0.1, 0.15) is 25.7 Å². The van der Waals surface area contributed by atoms with E-state index in [1.807, 2.05) is 4.90 Å². The van der Waals surface area contributed by atoms with Crippen LogP contribution in [0.2, 0.25) is 0 Å². The summed E-state index contributed by atoms with van der Waals surface area (Å²) < 4.78 is 4.79. The fraction of sp³-hybridized carbons (Fsp3) is 0.846. The number of methoxy groups -OCH3 is 1. The van der Waals surface area contributed by atoms with Crippen LogP contribution < -0.4 is 10.6 Å². The Kier molecular flexibility index (Phi) is 7.50. The molecule has 1 saturated carbocycles. The second-order valence-electron chi connectivity index (χ2n) is 5.13. The van der Waals surface area contributed by atoms with E-state index in [2.05, 4.69) is 10.6 Å². The number of imide groups is 1. The highest BCUT2D eigenvalue weighted by molar-refractivity contribution is 5.95. The number of nitrogens with zero attached hydrogens (tertiary/aromatic N) is 1. The minimum Gasteiger partial charge on any atom is -0.391 e. The third-order valence-electron chi connectivity index (χ3n) is 3.50. The Hall–Kier alpha value is -1.18. The summed E-state index contributed by atoms with van der Waals surface area (Å²) in [5.41, 5.74) is 0.